The third-order valence-electron chi connectivity index (χ3n) is 2.95. The van der Waals surface area contributed by atoms with E-state index < -0.39 is 0 Å². The minimum absolute atomic E-state index is 0.325. The van der Waals surface area contributed by atoms with E-state index in [4.69, 9.17) is 23.2 Å². The molecule has 2 nitrogen and oxygen atoms in total. The van der Waals surface area contributed by atoms with Crippen LogP contribution in [0.15, 0.2) is 45.3 Å². The maximum atomic E-state index is 6.11. The zero-order valence-electron chi connectivity index (χ0n) is 10.1. The standard InChI is InChI=1S/C14H8Br2Cl2N2/c15-8-1-4-12-11(5-8)19-14(7-17)20(12)13-6-9(18)2-3-10(13)16/h1-6H,7H2. The van der Waals surface area contributed by atoms with Gasteiger partial charge in [-0.2, -0.15) is 0 Å². The van der Waals surface area contributed by atoms with Gasteiger partial charge in [0, 0.05) is 14.0 Å². The smallest absolute Gasteiger partial charge is 0.129 e. The quantitative estimate of drug-likeness (QED) is 0.456. The van der Waals surface area contributed by atoms with Crippen LogP contribution < -0.4 is 0 Å². The fraction of sp³-hybridized carbons (Fsp3) is 0.0714. The van der Waals surface area contributed by atoms with Gasteiger partial charge in [-0.1, -0.05) is 27.5 Å². The van der Waals surface area contributed by atoms with Crippen LogP contribution in [0.2, 0.25) is 5.02 Å². The van der Waals surface area contributed by atoms with Crippen molar-refractivity contribution in [3.05, 3.63) is 56.2 Å². The summed E-state index contributed by atoms with van der Waals surface area (Å²) in [6, 6.07) is 11.6. The lowest BCUT2D eigenvalue weighted by Crippen LogP contribution is -2.00. The van der Waals surface area contributed by atoms with Crippen LogP contribution in [0, 0.1) is 0 Å². The molecule has 20 heavy (non-hydrogen) atoms. The predicted molar refractivity (Wildman–Crippen MR) is 91.0 cm³/mol. The van der Waals surface area contributed by atoms with Crippen LogP contribution in [0.3, 0.4) is 0 Å². The molecule has 0 unspecified atom stereocenters. The summed E-state index contributed by atoms with van der Waals surface area (Å²) in [7, 11) is 0. The van der Waals surface area contributed by atoms with Crippen molar-refractivity contribution in [2.45, 2.75) is 5.88 Å². The molecule has 0 N–H and O–H groups in total. The molecule has 6 heteroatoms. The molecule has 0 spiro atoms. The third kappa shape index (κ3) is 2.50. The molecule has 0 fully saturated rings. The first-order chi connectivity index (χ1) is 9.60. The molecule has 0 aliphatic rings. The van der Waals surface area contributed by atoms with Gasteiger partial charge in [-0.25, -0.2) is 4.98 Å². The number of alkyl halides is 1. The Kier molecular flexibility index (Phi) is 4.09. The molecule has 0 amide bonds. The van der Waals surface area contributed by atoms with Crippen LogP contribution in [0.1, 0.15) is 5.82 Å². The van der Waals surface area contributed by atoms with Gasteiger partial charge in [-0.15, -0.1) is 11.6 Å². The van der Waals surface area contributed by atoms with Crippen LogP contribution in [-0.4, -0.2) is 9.55 Å². The number of fused-ring (bicyclic) bond motifs is 1. The Morgan fingerprint density at radius 1 is 1.10 bits per heavy atom. The molecule has 0 saturated carbocycles. The van der Waals surface area contributed by atoms with Crippen molar-refractivity contribution in [1.82, 2.24) is 9.55 Å². The van der Waals surface area contributed by atoms with Gasteiger partial charge in [0.15, 0.2) is 0 Å². The molecule has 1 aromatic heterocycles. The summed E-state index contributed by atoms with van der Waals surface area (Å²) in [5.74, 6) is 1.10. The summed E-state index contributed by atoms with van der Waals surface area (Å²) < 4.78 is 3.95. The second kappa shape index (κ2) is 5.68. The van der Waals surface area contributed by atoms with E-state index in [1.165, 1.54) is 0 Å². The highest BCUT2D eigenvalue weighted by Crippen LogP contribution is 2.31. The summed E-state index contributed by atoms with van der Waals surface area (Å²) in [5.41, 5.74) is 2.81. The molecule has 0 aliphatic heterocycles. The largest absolute Gasteiger partial charge is 0.294 e. The lowest BCUT2D eigenvalue weighted by atomic mass is 10.3. The van der Waals surface area contributed by atoms with Crippen molar-refractivity contribution in [3.63, 3.8) is 0 Å². The van der Waals surface area contributed by atoms with Crippen LogP contribution >= 0.6 is 55.1 Å². The average molecular weight is 435 g/mol. The first-order valence-corrected chi connectivity index (χ1v) is 8.28. The minimum Gasteiger partial charge on any atom is -0.294 e. The Hall–Kier alpha value is -0.550. The van der Waals surface area contributed by atoms with Gasteiger partial charge in [0.05, 0.1) is 22.6 Å². The van der Waals surface area contributed by atoms with Crippen molar-refractivity contribution in [3.8, 4) is 5.69 Å². The molecule has 0 atom stereocenters. The fourth-order valence-electron chi connectivity index (χ4n) is 2.12. The maximum Gasteiger partial charge on any atom is 0.129 e. The van der Waals surface area contributed by atoms with Gasteiger partial charge >= 0.3 is 0 Å². The molecule has 3 rings (SSSR count). The molecule has 0 aliphatic carbocycles. The maximum absolute atomic E-state index is 6.11. The number of halogens is 4. The first kappa shape index (κ1) is 14.4. The van der Waals surface area contributed by atoms with Crippen molar-refractivity contribution >= 4 is 66.1 Å². The van der Waals surface area contributed by atoms with Gasteiger partial charge in [0.2, 0.25) is 0 Å². The summed E-state index contributed by atoms with van der Waals surface area (Å²) in [6.07, 6.45) is 0. The van der Waals surface area contributed by atoms with E-state index in [9.17, 15) is 0 Å². The number of rotatable bonds is 2. The van der Waals surface area contributed by atoms with Crippen molar-refractivity contribution in [1.29, 1.82) is 0 Å². The molecule has 0 radical (unpaired) electrons. The summed E-state index contributed by atoms with van der Waals surface area (Å²) in [5, 5.41) is 0.669. The molecular weight excluding hydrogens is 427 g/mol. The summed E-state index contributed by atoms with van der Waals surface area (Å²) in [4.78, 5) is 4.58. The second-order valence-electron chi connectivity index (χ2n) is 4.23. The lowest BCUT2D eigenvalue weighted by Gasteiger charge is -2.10. The second-order valence-corrected chi connectivity index (χ2v) is 6.70. The van der Waals surface area contributed by atoms with Crippen LogP contribution in [0.5, 0.6) is 0 Å². The highest BCUT2D eigenvalue weighted by Gasteiger charge is 2.14. The van der Waals surface area contributed by atoms with Gasteiger partial charge in [0.1, 0.15) is 5.82 Å². The van der Waals surface area contributed by atoms with Crippen LogP contribution in [-0.2, 0) is 5.88 Å². The Morgan fingerprint density at radius 2 is 1.90 bits per heavy atom. The minimum atomic E-state index is 0.325. The molecule has 102 valence electrons. The highest BCUT2D eigenvalue weighted by molar-refractivity contribution is 9.10. The van der Waals surface area contributed by atoms with E-state index >= 15 is 0 Å². The molecule has 3 aromatic rings. The number of nitrogens with zero attached hydrogens (tertiary/aromatic N) is 2. The van der Waals surface area contributed by atoms with Crippen molar-refractivity contribution in [2.75, 3.05) is 0 Å². The summed E-state index contributed by atoms with van der Waals surface area (Å²) >= 11 is 19.2. The monoisotopic (exact) mass is 432 g/mol. The lowest BCUT2D eigenvalue weighted by molar-refractivity contribution is 0.977. The van der Waals surface area contributed by atoms with E-state index in [1.54, 1.807) is 0 Å². The van der Waals surface area contributed by atoms with Crippen molar-refractivity contribution < 1.29 is 0 Å². The van der Waals surface area contributed by atoms with E-state index in [0.717, 1.165) is 31.5 Å². The zero-order valence-corrected chi connectivity index (χ0v) is 14.8. The van der Waals surface area contributed by atoms with Gasteiger partial charge in [-0.05, 0) is 52.3 Å². The van der Waals surface area contributed by atoms with Gasteiger partial charge in [-0.3, -0.25) is 4.57 Å². The van der Waals surface area contributed by atoms with Crippen molar-refractivity contribution in [2.24, 2.45) is 0 Å². The van der Waals surface area contributed by atoms with Crippen LogP contribution in [0.25, 0.3) is 16.7 Å². The molecule has 0 saturated heterocycles. The molecule has 1 heterocycles. The van der Waals surface area contributed by atoms with E-state index in [-0.39, 0.29) is 0 Å². The van der Waals surface area contributed by atoms with Gasteiger partial charge in [0.25, 0.3) is 0 Å². The Bertz CT molecular complexity index is 799. The Labute approximate surface area is 143 Å². The van der Waals surface area contributed by atoms with E-state index in [1.807, 2.05) is 41.0 Å². The first-order valence-electron chi connectivity index (χ1n) is 5.78. The van der Waals surface area contributed by atoms with E-state index in [2.05, 4.69) is 36.8 Å². The summed E-state index contributed by atoms with van der Waals surface area (Å²) in [6.45, 7) is 0. The molecule has 0 bridgehead atoms. The highest BCUT2D eigenvalue weighted by atomic mass is 79.9. The zero-order chi connectivity index (χ0) is 14.3. The normalized spacial score (nSPS) is 11.2. The molecule has 2 aromatic carbocycles. The number of hydrogen-bond donors (Lipinski definition) is 0. The number of benzene rings is 2. The number of hydrogen-bond acceptors (Lipinski definition) is 1. The average Bonchev–Trinajstić information content (AvgIpc) is 2.78. The van der Waals surface area contributed by atoms with Crippen LogP contribution in [0.4, 0.5) is 0 Å². The third-order valence-corrected chi connectivity index (χ3v) is 4.59. The van der Waals surface area contributed by atoms with Gasteiger partial charge < -0.3 is 0 Å². The number of imidazole rings is 1. The fourth-order valence-corrected chi connectivity index (χ4v) is 3.24. The topological polar surface area (TPSA) is 17.8 Å². The number of aromatic nitrogens is 2. The molecular formula is C14H8Br2Cl2N2. The predicted octanol–water partition coefficient (Wildman–Crippen LogP) is 5.94. The Balaban J connectivity index is 2.37. The SMILES string of the molecule is ClCc1nc2cc(Br)ccc2n1-c1cc(Cl)ccc1Br. The Morgan fingerprint density at radius 3 is 2.65 bits per heavy atom. The van der Waals surface area contributed by atoms with E-state index in [0.29, 0.717) is 10.9 Å².